The summed E-state index contributed by atoms with van der Waals surface area (Å²) in [5.74, 6) is 3.15. The van der Waals surface area contributed by atoms with Crippen molar-refractivity contribution in [2.24, 2.45) is 0 Å². The standard InChI is InChI=1S/C18H30N2S/c1-4-9-19-12-15(2)18-7-5-17(6-8-18)13-20-10-11-21-14-16(20)3/h5-8,15-16,19H,4,9-14H2,1-3H3. The molecule has 0 bridgehead atoms. The second-order valence-electron chi connectivity index (χ2n) is 6.24. The molecular weight excluding hydrogens is 276 g/mol. The van der Waals surface area contributed by atoms with Crippen LogP contribution in [0.5, 0.6) is 0 Å². The lowest BCUT2D eigenvalue weighted by molar-refractivity contribution is 0.224. The van der Waals surface area contributed by atoms with Crippen LogP contribution in [0.15, 0.2) is 24.3 Å². The third kappa shape index (κ3) is 5.32. The molecule has 2 rings (SSSR count). The number of thioether (sulfide) groups is 1. The maximum absolute atomic E-state index is 3.51. The van der Waals surface area contributed by atoms with Gasteiger partial charge >= 0.3 is 0 Å². The summed E-state index contributed by atoms with van der Waals surface area (Å²) in [5, 5.41) is 3.51. The highest BCUT2D eigenvalue weighted by Crippen LogP contribution is 2.20. The monoisotopic (exact) mass is 306 g/mol. The Morgan fingerprint density at radius 1 is 1.33 bits per heavy atom. The van der Waals surface area contributed by atoms with Gasteiger partial charge in [0.2, 0.25) is 0 Å². The van der Waals surface area contributed by atoms with E-state index in [9.17, 15) is 0 Å². The molecule has 0 spiro atoms. The molecule has 0 amide bonds. The predicted molar refractivity (Wildman–Crippen MR) is 95.2 cm³/mol. The topological polar surface area (TPSA) is 15.3 Å². The molecule has 3 heteroatoms. The van der Waals surface area contributed by atoms with Crippen LogP contribution in [-0.2, 0) is 6.54 Å². The Labute approximate surface area is 134 Å². The second kappa shape index (κ2) is 8.82. The van der Waals surface area contributed by atoms with Crippen LogP contribution in [0.25, 0.3) is 0 Å². The number of nitrogens with zero attached hydrogens (tertiary/aromatic N) is 1. The van der Waals surface area contributed by atoms with E-state index in [4.69, 9.17) is 0 Å². The Hall–Kier alpha value is -0.510. The Morgan fingerprint density at radius 2 is 2.10 bits per heavy atom. The van der Waals surface area contributed by atoms with Gasteiger partial charge in [0.15, 0.2) is 0 Å². The molecule has 2 atom stereocenters. The Morgan fingerprint density at radius 3 is 2.76 bits per heavy atom. The van der Waals surface area contributed by atoms with Gasteiger partial charge in [-0.2, -0.15) is 11.8 Å². The maximum Gasteiger partial charge on any atom is 0.0237 e. The van der Waals surface area contributed by atoms with Crippen LogP contribution in [0.4, 0.5) is 0 Å². The zero-order chi connectivity index (χ0) is 15.1. The van der Waals surface area contributed by atoms with Crippen molar-refractivity contribution < 1.29 is 0 Å². The number of benzene rings is 1. The highest BCUT2D eigenvalue weighted by Gasteiger charge is 2.18. The zero-order valence-corrected chi connectivity index (χ0v) is 14.6. The van der Waals surface area contributed by atoms with E-state index in [1.165, 1.54) is 35.6 Å². The minimum Gasteiger partial charge on any atom is -0.316 e. The largest absolute Gasteiger partial charge is 0.316 e. The Balaban J connectivity index is 1.86. The zero-order valence-electron chi connectivity index (χ0n) is 13.8. The van der Waals surface area contributed by atoms with E-state index in [1.807, 2.05) is 0 Å². The van der Waals surface area contributed by atoms with Gasteiger partial charge in [-0.25, -0.2) is 0 Å². The van der Waals surface area contributed by atoms with Crippen LogP contribution < -0.4 is 5.32 Å². The normalized spacial score (nSPS) is 21.4. The SMILES string of the molecule is CCCNCC(C)c1ccc(CN2CCSCC2C)cc1. The van der Waals surface area contributed by atoms with Crippen molar-refractivity contribution in [3.8, 4) is 0 Å². The van der Waals surface area contributed by atoms with Gasteiger partial charge in [0.05, 0.1) is 0 Å². The summed E-state index contributed by atoms with van der Waals surface area (Å²) in [5.41, 5.74) is 2.90. The van der Waals surface area contributed by atoms with Crippen molar-refractivity contribution in [1.29, 1.82) is 0 Å². The van der Waals surface area contributed by atoms with Gasteiger partial charge in [-0.05, 0) is 36.9 Å². The van der Waals surface area contributed by atoms with Gasteiger partial charge in [-0.15, -0.1) is 0 Å². The predicted octanol–water partition coefficient (Wildman–Crippen LogP) is 3.73. The third-order valence-corrected chi connectivity index (χ3v) is 5.51. The summed E-state index contributed by atoms with van der Waals surface area (Å²) in [6, 6.07) is 9.98. The molecule has 2 unspecified atom stereocenters. The Bertz CT molecular complexity index is 404. The van der Waals surface area contributed by atoms with Gasteiger partial charge in [0, 0.05) is 37.2 Å². The first kappa shape index (κ1) is 16.9. The average Bonchev–Trinajstić information content (AvgIpc) is 2.50. The summed E-state index contributed by atoms with van der Waals surface area (Å²) in [6.45, 7) is 11.4. The molecule has 1 aliphatic heterocycles. The molecule has 21 heavy (non-hydrogen) atoms. The molecule has 1 aromatic carbocycles. The van der Waals surface area contributed by atoms with Crippen LogP contribution in [0.3, 0.4) is 0 Å². The van der Waals surface area contributed by atoms with Gasteiger partial charge in [0.25, 0.3) is 0 Å². The first-order valence-electron chi connectivity index (χ1n) is 8.32. The molecule has 1 fully saturated rings. The highest BCUT2D eigenvalue weighted by atomic mass is 32.2. The minimum atomic E-state index is 0.593. The smallest absolute Gasteiger partial charge is 0.0237 e. The van der Waals surface area contributed by atoms with E-state index in [-0.39, 0.29) is 0 Å². The van der Waals surface area contributed by atoms with Crippen LogP contribution >= 0.6 is 11.8 Å². The van der Waals surface area contributed by atoms with Crippen molar-refractivity contribution in [3.63, 3.8) is 0 Å². The molecule has 0 aliphatic carbocycles. The van der Waals surface area contributed by atoms with E-state index < -0.39 is 0 Å². The van der Waals surface area contributed by atoms with Gasteiger partial charge in [0.1, 0.15) is 0 Å². The van der Waals surface area contributed by atoms with Crippen LogP contribution in [0.1, 0.15) is 44.2 Å². The third-order valence-electron chi connectivity index (χ3n) is 4.32. The fraction of sp³-hybridized carbons (Fsp3) is 0.667. The summed E-state index contributed by atoms with van der Waals surface area (Å²) < 4.78 is 0. The van der Waals surface area contributed by atoms with Gasteiger partial charge < -0.3 is 5.32 Å². The quantitative estimate of drug-likeness (QED) is 0.773. The molecule has 118 valence electrons. The first-order chi connectivity index (χ1) is 10.2. The van der Waals surface area contributed by atoms with Crippen molar-refractivity contribution in [2.45, 2.75) is 45.7 Å². The summed E-state index contributed by atoms with van der Waals surface area (Å²) >= 11 is 2.08. The number of hydrogen-bond acceptors (Lipinski definition) is 3. The molecule has 1 aromatic rings. The Kier molecular flexibility index (Phi) is 7.08. The van der Waals surface area contributed by atoms with Crippen LogP contribution in [-0.4, -0.2) is 42.1 Å². The molecule has 1 aliphatic rings. The van der Waals surface area contributed by atoms with Gasteiger partial charge in [-0.1, -0.05) is 38.1 Å². The first-order valence-corrected chi connectivity index (χ1v) is 9.47. The van der Waals surface area contributed by atoms with E-state index in [1.54, 1.807) is 0 Å². The number of hydrogen-bond donors (Lipinski definition) is 1. The number of nitrogens with one attached hydrogen (secondary N) is 1. The van der Waals surface area contributed by atoms with Crippen molar-refractivity contribution in [2.75, 3.05) is 31.1 Å². The van der Waals surface area contributed by atoms with Crippen molar-refractivity contribution in [3.05, 3.63) is 35.4 Å². The van der Waals surface area contributed by atoms with Crippen molar-refractivity contribution in [1.82, 2.24) is 10.2 Å². The lowest BCUT2D eigenvalue weighted by Gasteiger charge is -2.33. The lowest BCUT2D eigenvalue weighted by Crippen LogP contribution is -2.39. The van der Waals surface area contributed by atoms with E-state index in [2.05, 4.69) is 67.0 Å². The fourth-order valence-electron chi connectivity index (χ4n) is 2.80. The van der Waals surface area contributed by atoms with E-state index in [0.29, 0.717) is 12.0 Å². The number of rotatable bonds is 7. The molecule has 0 aromatic heterocycles. The summed E-state index contributed by atoms with van der Waals surface area (Å²) in [6.07, 6.45) is 1.21. The fourth-order valence-corrected chi connectivity index (χ4v) is 3.88. The van der Waals surface area contributed by atoms with E-state index >= 15 is 0 Å². The van der Waals surface area contributed by atoms with Gasteiger partial charge in [-0.3, -0.25) is 4.90 Å². The molecule has 2 nitrogen and oxygen atoms in total. The molecule has 0 radical (unpaired) electrons. The molecule has 1 N–H and O–H groups in total. The van der Waals surface area contributed by atoms with Crippen LogP contribution in [0.2, 0.25) is 0 Å². The lowest BCUT2D eigenvalue weighted by atomic mass is 9.99. The highest BCUT2D eigenvalue weighted by molar-refractivity contribution is 7.99. The molecule has 1 heterocycles. The maximum atomic E-state index is 3.51. The molecule has 0 saturated carbocycles. The van der Waals surface area contributed by atoms with E-state index in [0.717, 1.165) is 19.6 Å². The second-order valence-corrected chi connectivity index (χ2v) is 7.39. The molecular formula is C18H30N2S. The summed E-state index contributed by atoms with van der Waals surface area (Å²) in [4.78, 5) is 2.61. The average molecular weight is 307 g/mol. The van der Waals surface area contributed by atoms with Crippen molar-refractivity contribution >= 4 is 11.8 Å². The molecule has 1 saturated heterocycles. The minimum absolute atomic E-state index is 0.593. The summed E-state index contributed by atoms with van der Waals surface area (Å²) in [7, 11) is 0. The van der Waals surface area contributed by atoms with Crippen LogP contribution in [0, 0.1) is 0 Å².